The number of hydrogen-bond acceptors (Lipinski definition) is 7. The van der Waals surface area contributed by atoms with Gasteiger partial charge in [0.25, 0.3) is 11.8 Å². The van der Waals surface area contributed by atoms with E-state index in [4.69, 9.17) is 15.2 Å². The second-order valence-electron chi connectivity index (χ2n) is 6.61. The van der Waals surface area contributed by atoms with E-state index in [0.29, 0.717) is 22.7 Å². The highest BCUT2D eigenvalue weighted by Crippen LogP contribution is 2.34. The quantitative estimate of drug-likeness (QED) is 0.769. The van der Waals surface area contributed by atoms with Crippen molar-refractivity contribution < 1.29 is 23.9 Å². The van der Waals surface area contributed by atoms with Crippen molar-refractivity contribution in [3.63, 3.8) is 0 Å². The van der Waals surface area contributed by atoms with Crippen molar-refractivity contribution in [2.75, 3.05) is 22.6 Å². The van der Waals surface area contributed by atoms with Crippen LogP contribution in [-0.2, 0) is 9.59 Å². The summed E-state index contributed by atoms with van der Waals surface area (Å²) >= 11 is 0. The lowest BCUT2D eigenvalue weighted by atomic mass is 10.0. The standard InChI is InChI=1S/C19H18N4O5/c1-9(23-16(24)8-27-14-5-6-15(20)22-18(14)23)17(25)11-3-4-13-12(7-11)21-19(26)10(2)28-13/h3-7,9-10H,8H2,1-2H3,(H2,20,22)(H,21,26). The Hall–Kier alpha value is -3.62. The Labute approximate surface area is 160 Å². The molecule has 0 aliphatic carbocycles. The number of ketones is 1. The third-order valence-corrected chi connectivity index (χ3v) is 4.67. The highest BCUT2D eigenvalue weighted by Gasteiger charge is 2.35. The van der Waals surface area contributed by atoms with Crippen LogP contribution in [-0.4, -0.2) is 41.3 Å². The van der Waals surface area contributed by atoms with Crippen molar-refractivity contribution in [2.45, 2.75) is 26.0 Å². The minimum atomic E-state index is -0.846. The molecule has 144 valence electrons. The predicted octanol–water partition coefficient (Wildman–Crippen LogP) is 1.38. The monoisotopic (exact) mass is 382 g/mol. The molecule has 2 amide bonds. The van der Waals surface area contributed by atoms with Crippen LogP contribution in [0.5, 0.6) is 11.5 Å². The highest BCUT2D eigenvalue weighted by molar-refractivity contribution is 6.10. The van der Waals surface area contributed by atoms with E-state index in [-0.39, 0.29) is 29.9 Å². The van der Waals surface area contributed by atoms with Crippen LogP contribution in [0.2, 0.25) is 0 Å². The van der Waals surface area contributed by atoms with Gasteiger partial charge in [0.2, 0.25) is 0 Å². The first-order valence-electron chi connectivity index (χ1n) is 8.72. The predicted molar refractivity (Wildman–Crippen MR) is 101 cm³/mol. The maximum atomic E-state index is 13.1. The summed E-state index contributed by atoms with van der Waals surface area (Å²) in [5.74, 6) is 0.287. The van der Waals surface area contributed by atoms with Gasteiger partial charge in [-0.1, -0.05) is 0 Å². The normalized spacial score (nSPS) is 18.9. The molecule has 9 nitrogen and oxygen atoms in total. The summed E-state index contributed by atoms with van der Waals surface area (Å²) in [7, 11) is 0. The molecule has 0 saturated carbocycles. The van der Waals surface area contributed by atoms with Gasteiger partial charge in [-0.15, -0.1) is 0 Å². The zero-order valence-electron chi connectivity index (χ0n) is 15.3. The number of amides is 2. The van der Waals surface area contributed by atoms with Crippen molar-refractivity contribution in [3.8, 4) is 11.5 Å². The van der Waals surface area contributed by atoms with Gasteiger partial charge in [0.15, 0.2) is 30.1 Å². The molecule has 2 aliphatic rings. The van der Waals surface area contributed by atoms with Crippen LogP contribution in [0.3, 0.4) is 0 Å². The van der Waals surface area contributed by atoms with Gasteiger partial charge < -0.3 is 20.5 Å². The molecule has 1 aromatic carbocycles. The average Bonchev–Trinajstić information content (AvgIpc) is 2.67. The van der Waals surface area contributed by atoms with Gasteiger partial charge >= 0.3 is 0 Å². The number of anilines is 3. The molecular weight excluding hydrogens is 364 g/mol. The molecule has 3 N–H and O–H groups in total. The van der Waals surface area contributed by atoms with Gasteiger partial charge in [-0.05, 0) is 44.2 Å². The fraction of sp³-hybridized carbons (Fsp3) is 0.263. The van der Waals surface area contributed by atoms with E-state index >= 15 is 0 Å². The Morgan fingerprint density at radius 2 is 2.04 bits per heavy atom. The fourth-order valence-electron chi connectivity index (χ4n) is 3.18. The number of benzene rings is 1. The molecule has 4 rings (SSSR count). The zero-order chi connectivity index (χ0) is 20.0. The second-order valence-corrected chi connectivity index (χ2v) is 6.61. The molecule has 2 unspecified atom stereocenters. The van der Waals surface area contributed by atoms with E-state index in [0.717, 1.165) is 0 Å². The Bertz CT molecular complexity index is 1010. The number of ether oxygens (including phenoxy) is 2. The van der Waals surface area contributed by atoms with Crippen LogP contribution in [0.4, 0.5) is 17.3 Å². The third kappa shape index (κ3) is 2.90. The molecule has 28 heavy (non-hydrogen) atoms. The Kier molecular flexibility index (Phi) is 4.14. The topological polar surface area (TPSA) is 124 Å². The van der Waals surface area contributed by atoms with Crippen molar-refractivity contribution in [3.05, 3.63) is 35.9 Å². The maximum Gasteiger partial charge on any atom is 0.266 e. The fourth-order valence-corrected chi connectivity index (χ4v) is 3.18. The Morgan fingerprint density at radius 3 is 2.82 bits per heavy atom. The second kappa shape index (κ2) is 6.52. The lowest BCUT2D eigenvalue weighted by molar-refractivity contribution is -0.123. The van der Waals surface area contributed by atoms with Gasteiger partial charge in [-0.25, -0.2) is 4.98 Å². The van der Waals surface area contributed by atoms with Crippen molar-refractivity contribution >= 4 is 34.9 Å². The third-order valence-electron chi connectivity index (χ3n) is 4.67. The number of nitrogens with two attached hydrogens (primary N) is 1. The first kappa shape index (κ1) is 17.8. The molecule has 9 heteroatoms. The number of carbonyl (C=O) groups is 3. The van der Waals surface area contributed by atoms with E-state index in [1.165, 1.54) is 11.0 Å². The van der Waals surface area contributed by atoms with Gasteiger partial charge in [-0.2, -0.15) is 0 Å². The van der Waals surface area contributed by atoms with Crippen LogP contribution in [0.15, 0.2) is 30.3 Å². The molecular formula is C19H18N4O5. The molecule has 0 fully saturated rings. The number of Topliss-reactive ketones (excluding diaryl/α,β-unsaturated/α-hetero) is 1. The average molecular weight is 382 g/mol. The molecule has 2 atom stereocenters. The summed E-state index contributed by atoms with van der Waals surface area (Å²) in [5, 5.41) is 2.71. The largest absolute Gasteiger partial charge is 0.480 e. The van der Waals surface area contributed by atoms with E-state index in [1.807, 2.05) is 0 Å². The van der Waals surface area contributed by atoms with Crippen LogP contribution >= 0.6 is 0 Å². The van der Waals surface area contributed by atoms with Crippen LogP contribution in [0.25, 0.3) is 0 Å². The number of rotatable bonds is 3. The molecule has 0 radical (unpaired) electrons. The summed E-state index contributed by atoms with van der Waals surface area (Å²) in [5.41, 5.74) is 6.48. The van der Waals surface area contributed by atoms with E-state index < -0.39 is 18.1 Å². The summed E-state index contributed by atoms with van der Waals surface area (Å²) in [6, 6.07) is 7.09. The number of nitrogen functional groups attached to an aromatic ring is 1. The number of pyridine rings is 1. The number of hydrogen-bond donors (Lipinski definition) is 2. The van der Waals surface area contributed by atoms with E-state index in [1.54, 1.807) is 38.1 Å². The van der Waals surface area contributed by atoms with Crippen LogP contribution in [0, 0.1) is 0 Å². The van der Waals surface area contributed by atoms with Crippen molar-refractivity contribution in [1.82, 2.24) is 4.98 Å². The summed E-state index contributed by atoms with van der Waals surface area (Å²) in [6.07, 6.45) is -0.605. The number of fused-ring (bicyclic) bond motifs is 2. The molecule has 2 aromatic rings. The highest BCUT2D eigenvalue weighted by atomic mass is 16.5. The van der Waals surface area contributed by atoms with E-state index in [2.05, 4.69) is 10.3 Å². The molecule has 0 saturated heterocycles. The maximum absolute atomic E-state index is 13.1. The molecule has 1 aromatic heterocycles. The number of nitrogens with zero attached hydrogens (tertiary/aromatic N) is 2. The summed E-state index contributed by atoms with van der Waals surface area (Å²) in [6.45, 7) is 3.05. The van der Waals surface area contributed by atoms with Gasteiger partial charge in [0.05, 0.1) is 11.7 Å². The Balaban J connectivity index is 1.66. The smallest absolute Gasteiger partial charge is 0.266 e. The molecule has 2 aliphatic heterocycles. The number of carbonyl (C=O) groups excluding carboxylic acids is 3. The minimum absolute atomic E-state index is 0.192. The lowest BCUT2D eigenvalue weighted by Gasteiger charge is -2.32. The first-order valence-corrected chi connectivity index (χ1v) is 8.72. The Morgan fingerprint density at radius 1 is 1.29 bits per heavy atom. The van der Waals surface area contributed by atoms with Crippen molar-refractivity contribution in [2.24, 2.45) is 0 Å². The summed E-state index contributed by atoms with van der Waals surface area (Å²) < 4.78 is 10.9. The molecule has 3 heterocycles. The van der Waals surface area contributed by atoms with Gasteiger partial charge in [-0.3, -0.25) is 19.3 Å². The molecule has 0 bridgehead atoms. The van der Waals surface area contributed by atoms with Gasteiger partial charge in [0, 0.05) is 5.56 Å². The van der Waals surface area contributed by atoms with Gasteiger partial charge in [0.1, 0.15) is 11.6 Å². The first-order chi connectivity index (χ1) is 13.3. The summed E-state index contributed by atoms with van der Waals surface area (Å²) in [4.78, 5) is 42.8. The zero-order valence-corrected chi connectivity index (χ0v) is 15.3. The van der Waals surface area contributed by atoms with Crippen LogP contribution < -0.4 is 25.4 Å². The minimum Gasteiger partial charge on any atom is -0.480 e. The van der Waals surface area contributed by atoms with Crippen molar-refractivity contribution in [1.29, 1.82) is 0 Å². The number of aromatic nitrogens is 1. The molecule has 0 spiro atoms. The van der Waals surface area contributed by atoms with Crippen LogP contribution in [0.1, 0.15) is 24.2 Å². The SMILES string of the molecule is CC1Oc2ccc(C(=O)C(C)N3C(=O)COc4ccc(N)nc43)cc2NC1=O. The number of nitrogens with one attached hydrogen (secondary N) is 1. The van der Waals surface area contributed by atoms with E-state index in [9.17, 15) is 14.4 Å². The lowest BCUT2D eigenvalue weighted by Crippen LogP contribution is -2.48.